The summed E-state index contributed by atoms with van der Waals surface area (Å²) in [6.45, 7) is 5.96. The summed E-state index contributed by atoms with van der Waals surface area (Å²) >= 11 is 0. The largest absolute Gasteiger partial charge is 0.303 e. The predicted octanol–water partition coefficient (Wildman–Crippen LogP) is 2.52. The highest BCUT2D eigenvalue weighted by atomic mass is 15.1. The average molecular weight is 155 g/mol. The van der Waals surface area contributed by atoms with Crippen molar-refractivity contribution < 1.29 is 0 Å². The molecule has 1 rings (SSSR count). The Morgan fingerprint density at radius 3 is 2.45 bits per heavy atom. The first-order valence-electron chi connectivity index (χ1n) is 4.99. The standard InChI is InChI=1S/C10H21N/c1-4-9-7-6-8-11(3)10(9)5-2/h9-10H,4-8H2,1-3H3/t9-,10-/m1/s1. The van der Waals surface area contributed by atoms with Gasteiger partial charge in [0.1, 0.15) is 0 Å². The van der Waals surface area contributed by atoms with Gasteiger partial charge < -0.3 is 4.90 Å². The second-order valence-electron chi connectivity index (χ2n) is 3.77. The molecule has 2 atom stereocenters. The lowest BCUT2D eigenvalue weighted by Crippen LogP contribution is -2.41. The average Bonchev–Trinajstić information content (AvgIpc) is 2.04. The number of rotatable bonds is 2. The maximum Gasteiger partial charge on any atom is 0.0118 e. The van der Waals surface area contributed by atoms with E-state index in [1.165, 1.54) is 32.2 Å². The lowest BCUT2D eigenvalue weighted by Gasteiger charge is -2.38. The van der Waals surface area contributed by atoms with E-state index >= 15 is 0 Å². The van der Waals surface area contributed by atoms with Gasteiger partial charge in [0.25, 0.3) is 0 Å². The van der Waals surface area contributed by atoms with Gasteiger partial charge in [-0.2, -0.15) is 0 Å². The molecule has 1 aliphatic rings. The van der Waals surface area contributed by atoms with E-state index < -0.39 is 0 Å². The van der Waals surface area contributed by atoms with Crippen molar-refractivity contribution >= 4 is 0 Å². The summed E-state index contributed by atoms with van der Waals surface area (Å²) in [5.74, 6) is 0.971. The van der Waals surface area contributed by atoms with E-state index in [1.54, 1.807) is 0 Å². The molecular weight excluding hydrogens is 134 g/mol. The smallest absolute Gasteiger partial charge is 0.0118 e. The zero-order valence-corrected chi connectivity index (χ0v) is 8.14. The van der Waals surface area contributed by atoms with E-state index in [0.717, 1.165) is 12.0 Å². The van der Waals surface area contributed by atoms with E-state index in [4.69, 9.17) is 0 Å². The van der Waals surface area contributed by atoms with Crippen LogP contribution >= 0.6 is 0 Å². The predicted molar refractivity (Wildman–Crippen MR) is 49.7 cm³/mol. The van der Waals surface area contributed by atoms with Crippen LogP contribution in [-0.2, 0) is 0 Å². The molecule has 0 amide bonds. The molecule has 1 heterocycles. The van der Waals surface area contributed by atoms with Crippen LogP contribution in [0, 0.1) is 5.92 Å². The molecule has 1 nitrogen and oxygen atoms in total. The van der Waals surface area contributed by atoms with E-state index in [9.17, 15) is 0 Å². The summed E-state index contributed by atoms with van der Waals surface area (Å²) < 4.78 is 0. The topological polar surface area (TPSA) is 3.24 Å². The van der Waals surface area contributed by atoms with Crippen molar-refractivity contribution in [2.45, 2.75) is 45.6 Å². The van der Waals surface area contributed by atoms with Gasteiger partial charge in [-0.3, -0.25) is 0 Å². The van der Waals surface area contributed by atoms with Crippen LogP contribution in [0.25, 0.3) is 0 Å². The third-order valence-corrected chi connectivity index (χ3v) is 3.14. The molecule has 1 saturated heterocycles. The Labute approximate surface area is 70.8 Å². The van der Waals surface area contributed by atoms with E-state index in [2.05, 4.69) is 25.8 Å². The Morgan fingerprint density at radius 2 is 2.00 bits per heavy atom. The molecule has 11 heavy (non-hydrogen) atoms. The fourth-order valence-electron chi connectivity index (χ4n) is 2.44. The molecule has 0 N–H and O–H groups in total. The van der Waals surface area contributed by atoms with E-state index in [-0.39, 0.29) is 0 Å². The molecule has 0 spiro atoms. The third kappa shape index (κ3) is 1.96. The van der Waals surface area contributed by atoms with Gasteiger partial charge in [0, 0.05) is 6.04 Å². The minimum absolute atomic E-state index is 0.869. The number of piperidine rings is 1. The molecule has 66 valence electrons. The molecule has 0 aromatic rings. The molecule has 1 aliphatic heterocycles. The Bertz CT molecular complexity index is 111. The first-order chi connectivity index (χ1) is 5.29. The Hall–Kier alpha value is -0.0400. The number of hydrogen-bond donors (Lipinski definition) is 0. The van der Waals surface area contributed by atoms with Crippen molar-refractivity contribution in [3.05, 3.63) is 0 Å². The molecule has 1 fully saturated rings. The number of hydrogen-bond acceptors (Lipinski definition) is 1. The summed E-state index contributed by atoms with van der Waals surface area (Å²) in [5.41, 5.74) is 0. The van der Waals surface area contributed by atoms with Gasteiger partial charge in [0.05, 0.1) is 0 Å². The summed E-state index contributed by atoms with van der Waals surface area (Å²) in [7, 11) is 2.27. The Morgan fingerprint density at radius 1 is 1.27 bits per heavy atom. The lowest BCUT2D eigenvalue weighted by molar-refractivity contribution is 0.114. The second-order valence-corrected chi connectivity index (χ2v) is 3.77. The zero-order valence-electron chi connectivity index (χ0n) is 8.14. The zero-order chi connectivity index (χ0) is 8.27. The molecule has 0 saturated carbocycles. The van der Waals surface area contributed by atoms with Crippen molar-refractivity contribution in [3.8, 4) is 0 Å². The van der Waals surface area contributed by atoms with Crippen LogP contribution in [0.15, 0.2) is 0 Å². The lowest BCUT2D eigenvalue weighted by atomic mass is 9.86. The van der Waals surface area contributed by atoms with Crippen molar-refractivity contribution in [1.29, 1.82) is 0 Å². The normalized spacial score (nSPS) is 34.1. The highest BCUT2D eigenvalue weighted by Gasteiger charge is 2.25. The number of likely N-dealkylation sites (tertiary alicyclic amines) is 1. The van der Waals surface area contributed by atoms with E-state index in [0.29, 0.717) is 0 Å². The quantitative estimate of drug-likeness (QED) is 0.592. The van der Waals surface area contributed by atoms with Crippen LogP contribution in [-0.4, -0.2) is 24.5 Å². The molecule has 0 aliphatic carbocycles. The monoisotopic (exact) mass is 155 g/mol. The first-order valence-corrected chi connectivity index (χ1v) is 4.99. The van der Waals surface area contributed by atoms with Gasteiger partial charge in [0.15, 0.2) is 0 Å². The van der Waals surface area contributed by atoms with Gasteiger partial charge in [-0.1, -0.05) is 20.3 Å². The molecular formula is C10H21N. The summed E-state index contributed by atoms with van der Waals surface area (Å²) in [6.07, 6.45) is 5.56. The van der Waals surface area contributed by atoms with Crippen molar-refractivity contribution in [2.24, 2.45) is 5.92 Å². The maximum atomic E-state index is 2.54. The molecule has 1 heteroatoms. The third-order valence-electron chi connectivity index (χ3n) is 3.14. The van der Waals surface area contributed by atoms with Gasteiger partial charge >= 0.3 is 0 Å². The minimum Gasteiger partial charge on any atom is -0.303 e. The van der Waals surface area contributed by atoms with Crippen LogP contribution in [0.4, 0.5) is 0 Å². The fourth-order valence-corrected chi connectivity index (χ4v) is 2.44. The van der Waals surface area contributed by atoms with Gasteiger partial charge in [-0.05, 0) is 38.8 Å². The summed E-state index contributed by atoms with van der Waals surface area (Å²) in [6, 6.07) is 0.869. The van der Waals surface area contributed by atoms with Crippen molar-refractivity contribution in [2.75, 3.05) is 13.6 Å². The van der Waals surface area contributed by atoms with Crippen molar-refractivity contribution in [3.63, 3.8) is 0 Å². The second kappa shape index (κ2) is 4.10. The molecule has 0 radical (unpaired) electrons. The van der Waals surface area contributed by atoms with E-state index in [1.807, 2.05) is 0 Å². The molecule has 0 aromatic heterocycles. The van der Waals surface area contributed by atoms with Gasteiger partial charge in [-0.15, -0.1) is 0 Å². The SMILES string of the molecule is CC[C@@H]1CCCN(C)[C@@H]1CC. The van der Waals surface area contributed by atoms with Crippen LogP contribution in [0.1, 0.15) is 39.5 Å². The fraction of sp³-hybridized carbons (Fsp3) is 1.00. The number of nitrogens with zero attached hydrogens (tertiary/aromatic N) is 1. The molecule has 0 bridgehead atoms. The van der Waals surface area contributed by atoms with Crippen LogP contribution in [0.3, 0.4) is 0 Å². The Balaban J connectivity index is 2.48. The minimum atomic E-state index is 0.869. The highest BCUT2D eigenvalue weighted by Crippen LogP contribution is 2.26. The Kier molecular flexibility index (Phi) is 3.38. The summed E-state index contributed by atoms with van der Waals surface area (Å²) in [4.78, 5) is 2.54. The van der Waals surface area contributed by atoms with Crippen LogP contribution < -0.4 is 0 Å². The van der Waals surface area contributed by atoms with Crippen molar-refractivity contribution in [1.82, 2.24) is 4.90 Å². The van der Waals surface area contributed by atoms with Crippen LogP contribution in [0.5, 0.6) is 0 Å². The molecule has 0 aromatic carbocycles. The summed E-state index contributed by atoms with van der Waals surface area (Å²) in [5, 5.41) is 0. The van der Waals surface area contributed by atoms with Gasteiger partial charge in [-0.25, -0.2) is 0 Å². The maximum absolute atomic E-state index is 2.54. The van der Waals surface area contributed by atoms with Crippen LogP contribution in [0.2, 0.25) is 0 Å². The molecule has 0 unspecified atom stereocenters. The first kappa shape index (κ1) is 9.05. The van der Waals surface area contributed by atoms with Gasteiger partial charge in [0.2, 0.25) is 0 Å². The highest BCUT2D eigenvalue weighted by molar-refractivity contribution is 4.80.